The fraction of sp³-hybridized carbons (Fsp3) is 0.424. The van der Waals surface area contributed by atoms with Gasteiger partial charge in [-0.3, -0.25) is 9.59 Å². The molecular formula is C33H37F2N7O5. The number of aromatic nitrogens is 4. The lowest BCUT2D eigenvalue weighted by molar-refractivity contribution is -0.118. The maximum atomic E-state index is 16.3. The molecule has 1 fully saturated rings. The van der Waals surface area contributed by atoms with Crippen LogP contribution in [0.25, 0.3) is 28.1 Å². The third-order valence-corrected chi connectivity index (χ3v) is 8.36. The molecule has 0 saturated carbocycles. The van der Waals surface area contributed by atoms with E-state index < -0.39 is 46.9 Å². The molecule has 4 aromatic rings. The maximum Gasteiger partial charge on any atom is 0.410 e. The van der Waals surface area contributed by atoms with Crippen molar-refractivity contribution in [2.24, 2.45) is 0 Å². The van der Waals surface area contributed by atoms with Crippen LogP contribution in [-0.4, -0.2) is 74.1 Å². The zero-order valence-electron chi connectivity index (χ0n) is 27.5. The van der Waals surface area contributed by atoms with Crippen molar-refractivity contribution >= 4 is 34.4 Å². The van der Waals surface area contributed by atoms with Gasteiger partial charge in [-0.25, -0.2) is 27.8 Å². The highest BCUT2D eigenvalue weighted by molar-refractivity contribution is 6.10. The summed E-state index contributed by atoms with van der Waals surface area (Å²) in [6, 6.07) is 3.75. The minimum Gasteiger partial charge on any atom is -0.496 e. The lowest BCUT2D eigenvalue weighted by Crippen LogP contribution is -2.65. The number of halogens is 2. The number of rotatable bonds is 4. The van der Waals surface area contributed by atoms with Gasteiger partial charge in [0.2, 0.25) is 5.91 Å². The van der Waals surface area contributed by atoms with Crippen molar-refractivity contribution in [3.05, 3.63) is 58.0 Å². The SMILES string of the molecule is COc1cccc(F)c1-c1nc2c(cc1F)c1c(c(=O)n2-c2c(C)cnn2C(C)C)NC(=O)[C@H]2CN(C(=O)OC(C)(C)C)[C@H](C)CN12. The van der Waals surface area contributed by atoms with Gasteiger partial charge in [-0.1, -0.05) is 6.07 Å². The molecule has 0 radical (unpaired) electrons. The average molecular weight is 650 g/mol. The van der Waals surface area contributed by atoms with Gasteiger partial charge in [0, 0.05) is 29.6 Å². The molecule has 47 heavy (non-hydrogen) atoms. The largest absolute Gasteiger partial charge is 0.496 e. The van der Waals surface area contributed by atoms with Crippen molar-refractivity contribution in [2.75, 3.05) is 30.4 Å². The monoisotopic (exact) mass is 649 g/mol. The fourth-order valence-corrected chi connectivity index (χ4v) is 6.28. The summed E-state index contributed by atoms with van der Waals surface area (Å²) in [7, 11) is 1.34. The first-order valence-corrected chi connectivity index (χ1v) is 15.4. The molecule has 0 spiro atoms. The van der Waals surface area contributed by atoms with Crippen LogP contribution in [0.15, 0.2) is 35.3 Å². The Kier molecular flexibility index (Phi) is 7.72. The summed E-state index contributed by atoms with van der Waals surface area (Å²) < 4.78 is 45.5. The number of hydrogen-bond donors (Lipinski definition) is 1. The standard InChI is InChI=1S/C33H37F2N7O5/c1-16(2)42-30(17(3)13-36-42)41-28-19(12-21(35)25(37-28)24-20(34)10-9-11-23(24)46-8)27-26(31(41)44)38-29(43)22-15-39(18(4)14-40(22)27)32(45)47-33(5,6)7/h9-13,16,18,22H,14-15H2,1-8H3,(H,38,43)/t18-,22-/m1/s1. The van der Waals surface area contributed by atoms with Gasteiger partial charge in [-0.15, -0.1) is 0 Å². The number of methoxy groups -OCH3 is 1. The number of aryl methyl sites for hydroxylation is 1. The second kappa shape index (κ2) is 11.4. The quantitative estimate of drug-likeness (QED) is 0.321. The Balaban J connectivity index is 1.64. The van der Waals surface area contributed by atoms with E-state index in [-0.39, 0.29) is 58.5 Å². The van der Waals surface area contributed by atoms with Crippen molar-refractivity contribution in [1.82, 2.24) is 24.2 Å². The first-order valence-electron chi connectivity index (χ1n) is 15.4. The van der Waals surface area contributed by atoms with Crippen LogP contribution in [0.5, 0.6) is 5.75 Å². The highest BCUT2D eigenvalue weighted by atomic mass is 19.1. The van der Waals surface area contributed by atoms with E-state index in [1.54, 1.807) is 43.5 Å². The van der Waals surface area contributed by atoms with Crippen molar-refractivity contribution in [2.45, 2.75) is 72.2 Å². The number of amides is 2. The Labute approximate surface area is 269 Å². The number of carbonyl (C=O) groups excluding carboxylic acids is 2. The third-order valence-electron chi connectivity index (χ3n) is 8.36. The van der Waals surface area contributed by atoms with E-state index in [1.165, 1.54) is 40.8 Å². The molecule has 2 aliphatic heterocycles. The Morgan fingerprint density at radius 3 is 2.51 bits per heavy atom. The van der Waals surface area contributed by atoms with Gasteiger partial charge in [0.05, 0.1) is 31.1 Å². The summed E-state index contributed by atoms with van der Waals surface area (Å²) in [4.78, 5) is 49.2. The van der Waals surface area contributed by atoms with Crippen LogP contribution >= 0.6 is 0 Å². The highest BCUT2D eigenvalue weighted by Gasteiger charge is 2.45. The summed E-state index contributed by atoms with van der Waals surface area (Å²) in [6.07, 6.45) is 1.03. The number of anilines is 2. The second-order valence-corrected chi connectivity index (χ2v) is 13.2. The van der Waals surface area contributed by atoms with Crippen LogP contribution in [0.4, 0.5) is 25.0 Å². The molecule has 2 amide bonds. The molecule has 0 aliphatic carbocycles. The molecule has 1 aromatic carbocycles. The van der Waals surface area contributed by atoms with E-state index >= 15 is 8.78 Å². The van der Waals surface area contributed by atoms with E-state index in [0.717, 1.165) is 0 Å². The normalized spacial score (nSPS) is 17.9. The van der Waals surface area contributed by atoms with Crippen LogP contribution < -0.4 is 20.5 Å². The van der Waals surface area contributed by atoms with E-state index in [1.807, 2.05) is 20.8 Å². The van der Waals surface area contributed by atoms with Gasteiger partial charge >= 0.3 is 6.09 Å². The van der Waals surface area contributed by atoms with E-state index in [2.05, 4.69) is 15.4 Å². The lowest BCUT2D eigenvalue weighted by Gasteiger charge is -2.48. The van der Waals surface area contributed by atoms with E-state index in [9.17, 15) is 14.4 Å². The second-order valence-electron chi connectivity index (χ2n) is 13.2. The van der Waals surface area contributed by atoms with Crippen LogP contribution in [0.1, 0.15) is 53.1 Å². The Morgan fingerprint density at radius 2 is 1.85 bits per heavy atom. The van der Waals surface area contributed by atoms with Crippen LogP contribution in [-0.2, 0) is 9.53 Å². The minimum atomic E-state index is -0.915. The number of benzene rings is 1. The predicted octanol–water partition coefficient (Wildman–Crippen LogP) is 5.19. The number of nitrogens with zero attached hydrogens (tertiary/aromatic N) is 6. The molecule has 12 nitrogen and oxygen atoms in total. The molecule has 0 bridgehead atoms. The number of carbonyl (C=O) groups is 2. The number of pyridine rings is 2. The number of fused-ring (bicyclic) bond motifs is 5. The van der Waals surface area contributed by atoms with Crippen LogP contribution in [0.2, 0.25) is 0 Å². The Bertz CT molecular complexity index is 2000. The van der Waals surface area contributed by atoms with Crippen LogP contribution in [0, 0.1) is 18.6 Å². The Hall–Kier alpha value is -5.01. The molecule has 3 aromatic heterocycles. The molecule has 14 heteroatoms. The van der Waals surface area contributed by atoms with Crippen LogP contribution in [0.3, 0.4) is 0 Å². The number of ether oxygens (including phenoxy) is 2. The Morgan fingerprint density at radius 1 is 1.13 bits per heavy atom. The van der Waals surface area contributed by atoms with Crippen molar-refractivity contribution in [3.8, 4) is 22.8 Å². The molecule has 6 rings (SSSR count). The summed E-state index contributed by atoms with van der Waals surface area (Å²) in [6.45, 7) is 12.7. The summed E-state index contributed by atoms with van der Waals surface area (Å²) in [5.74, 6) is -1.70. The first kappa shape index (κ1) is 32.0. The van der Waals surface area contributed by atoms with Gasteiger partial charge < -0.3 is 24.6 Å². The summed E-state index contributed by atoms with van der Waals surface area (Å²) in [5.41, 5.74) is -1.09. The van der Waals surface area contributed by atoms with Gasteiger partial charge in [-0.2, -0.15) is 5.10 Å². The van der Waals surface area contributed by atoms with Crippen molar-refractivity contribution in [3.63, 3.8) is 0 Å². The summed E-state index contributed by atoms with van der Waals surface area (Å²) >= 11 is 0. The number of hydrogen-bond acceptors (Lipinski definition) is 8. The third kappa shape index (κ3) is 5.25. The number of piperazine rings is 1. The average Bonchev–Trinajstić information content (AvgIpc) is 3.37. The van der Waals surface area contributed by atoms with Gasteiger partial charge in [-0.05, 0) is 66.7 Å². The molecule has 0 unspecified atom stereocenters. The van der Waals surface area contributed by atoms with Crippen molar-refractivity contribution < 1.29 is 27.8 Å². The van der Waals surface area contributed by atoms with Gasteiger partial charge in [0.25, 0.3) is 5.56 Å². The highest BCUT2D eigenvalue weighted by Crippen LogP contribution is 2.42. The molecule has 2 atom stereocenters. The fourth-order valence-electron chi connectivity index (χ4n) is 6.28. The molecule has 2 aliphatic rings. The minimum absolute atomic E-state index is 0.0260. The molecule has 1 N–H and O–H groups in total. The zero-order chi connectivity index (χ0) is 34.1. The summed E-state index contributed by atoms with van der Waals surface area (Å²) in [5, 5.41) is 7.42. The van der Waals surface area contributed by atoms with Gasteiger partial charge in [0.15, 0.2) is 11.5 Å². The van der Waals surface area contributed by atoms with Crippen molar-refractivity contribution in [1.29, 1.82) is 0 Å². The first-order chi connectivity index (χ1) is 22.1. The van der Waals surface area contributed by atoms with E-state index in [0.29, 0.717) is 11.4 Å². The lowest BCUT2D eigenvalue weighted by atomic mass is 9.99. The maximum absolute atomic E-state index is 16.3. The molecule has 5 heterocycles. The molecule has 1 saturated heterocycles. The topological polar surface area (TPSA) is 124 Å². The predicted molar refractivity (Wildman–Crippen MR) is 172 cm³/mol. The zero-order valence-corrected chi connectivity index (χ0v) is 27.5. The van der Waals surface area contributed by atoms with Gasteiger partial charge in [0.1, 0.15) is 40.4 Å². The molecular weight excluding hydrogens is 612 g/mol. The van der Waals surface area contributed by atoms with E-state index in [4.69, 9.17) is 9.47 Å². The smallest absolute Gasteiger partial charge is 0.410 e. The molecule has 248 valence electrons. The number of nitrogens with one attached hydrogen (secondary N) is 1.